The van der Waals surface area contributed by atoms with Gasteiger partial charge in [-0.05, 0) is 0 Å². The van der Waals surface area contributed by atoms with Gasteiger partial charge in [0.2, 0.25) is 0 Å². The van der Waals surface area contributed by atoms with Gasteiger partial charge in [-0.15, -0.1) is 6.07 Å². The molecule has 0 unspecified atom stereocenters. The molecule has 0 amide bonds. The fourth-order valence-corrected chi connectivity index (χ4v) is 0.705. The number of methoxy groups -OCH3 is 1. The molecule has 1 radical (unpaired) electrons. The second-order valence-corrected chi connectivity index (χ2v) is 2.09. The number of nitrogens with zero attached hydrogens (tertiary/aromatic N) is 1. The maximum atomic E-state index is 10.9. The summed E-state index contributed by atoms with van der Waals surface area (Å²) in [7, 11) is 1.33. The molecule has 0 spiro atoms. The van der Waals surface area contributed by atoms with Crippen LogP contribution in [-0.4, -0.2) is 18.1 Å². The van der Waals surface area contributed by atoms with Crippen LogP contribution in [0.4, 0.5) is 0 Å². The fourth-order valence-electron chi connectivity index (χ4n) is 0.705. The molecule has 0 aliphatic rings. The normalized spacial score (nSPS) is 8.50. The number of hydrogen-bond acceptors (Lipinski definition) is 3. The molecule has 1 aromatic rings. The number of carbonyl (C=O) groups excluding carboxylic acids is 1. The number of hydrogen-bond donors (Lipinski definition) is 0. The van der Waals surface area contributed by atoms with E-state index in [4.69, 9.17) is 0 Å². The van der Waals surface area contributed by atoms with E-state index in [1.165, 1.54) is 13.2 Å². The molecule has 1 rings (SSSR count). The Kier molecular flexibility index (Phi) is 5.26. The third kappa shape index (κ3) is 2.99. The van der Waals surface area contributed by atoms with E-state index in [-0.39, 0.29) is 32.7 Å². The summed E-state index contributed by atoms with van der Waals surface area (Å²) in [6, 6.07) is 5.98. The molecular weight excluding hydrogens is 231 g/mol. The van der Waals surface area contributed by atoms with Gasteiger partial charge < -0.3 is 9.72 Å². The molecule has 61 valence electrons. The smallest absolute Gasteiger partial charge is 0.298 e. The first-order valence-electron chi connectivity index (χ1n) is 3.17. The van der Waals surface area contributed by atoms with Gasteiger partial charge in [0.25, 0.3) is 5.97 Å². The number of aromatic nitrogens is 1. The van der Waals surface area contributed by atoms with Gasteiger partial charge in [-0.1, -0.05) is 12.6 Å². The number of aryl methyl sites for hydroxylation is 1. The number of esters is 1. The summed E-state index contributed by atoms with van der Waals surface area (Å²) in [6.45, 7) is 1.79. The Hall–Kier alpha value is -0.276. The van der Waals surface area contributed by atoms with Crippen LogP contribution in [0.5, 0.6) is 0 Å². The van der Waals surface area contributed by atoms with Crippen molar-refractivity contribution >= 4 is 5.97 Å². The molecule has 0 atom stereocenters. The maximum absolute atomic E-state index is 10.9. The SMILES string of the molecule is COC(=O)c1c[c-]cc(C)n1.[Y]. The third-order valence-electron chi connectivity index (χ3n) is 1.20. The largest absolute Gasteiger partial charge is 0.474 e. The van der Waals surface area contributed by atoms with Crippen LogP contribution in [0, 0.1) is 13.0 Å². The number of pyridine rings is 1. The summed E-state index contributed by atoms with van der Waals surface area (Å²) >= 11 is 0. The summed E-state index contributed by atoms with van der Waals surface area (Å²) in [4.78, 5) is 14.8. The Balaban J connectivity index is 0.00000121. The maximum Gasteiger partial charge on any atom is 0.298 e. The standard InChI is InChI=1S/C8H8NO2.Y/c1-6-4-3-5-7(9-6)8(10)11-2;/h4-5H,1-2H3;/q-1;. The molecule has 3 nitrogen and oxygen atoms in total. The first kappa shape index (κ1) is 11.7. The molecule has 0 bridgehead atoms. The van der Waals surface area contributed by atoms with Crippen molar-refractivity contribution < 1.29 is 42.2 Å². The van der Waals surface area contributed by atoms with E-state index in [9.17, 15) is 4.79 Å². The fraction of sp³-hybridized carbons (Fsp3) is 0.250. The molecule has 1 aromatic heterocycles. The zero-order valence-corrected chi connectivity index (χ0v) is 9.83. The number of ether oxygens (including phenoxy) is 1. The van der Waals surface area contributed by atoms with Crippen LogP contribution >= 0.6 is 0 Å². The van der Waals surface area contributed by atoms with E-state index in [1.54, 1.807) is 13.0 Å². The monoisotopic (exact) mass is 239 g/mol. The van der Waals surface area contributed by atoms with Crippen molar-refractivity contribution in [1.29, 1.82) is 0 Å². The minimum Gasteiger partial charge on any atom is -0.474 e. The van der Waals surface area contributed by atoms with E-state index in [1.807, 2.05) is 0 Å². The second-order valence-electron chi connectivity index (χ2n) is 2.09. The summed E-state index contributed by atoms with van der Waals surface area (Å²) in [5.74, 6) is -0.426. The Morgan fingerprint density at radius 2 is 2.25 bits per heavy atom. The Morgan fingerprint density at radius 1 is 1.58 bits per heavy atom. The Bertz CT molecular complexity index is 276. The molecule has 0 aromatic carbocycles. The van der Waals surface area contributed by atoms with Crippen LogP contribution < -0.4 is 0 Å². The van der Waals surface area contributed by atoms with Crippen LogP contribution in [0.15, 0.2) is 12.1 Å². The van der Waals surface area contributed by atoms with Gasteiger partial charge >= 0.3 is 0 Å². The van der Waals surface area contributed by atoms with Gasteiger partial charge in [0.05, 0.1) is 7.11 Å². The van der Waals surface area contributed by atoms with Crippen molar-refractivity contribution in [3.05, 3.63) is 29.6 Å². The van der Waals surface area contributed by atoms with Crippen molar-refractivity contribution in [2.24, 2.45) is 0 Å². The topological polar surface area (TPSA) is 39.2 Å². The van der Waals surface area contributed by atoms with E-state index in [0.29, 0.717) is 5.69 Å². The molecule has 0 fully saturated rings. The predicted molar refractivity (Wildman–Crippen MR) is 39.1 cm³/mol. The zero-order valence-electron chi connectivity index (χ0n) is 7.00. The van der Waals surface area contributed by atoms with Gasteiger partial charge in [-0.25, -0.2) is 0 Å². The van der Waals surface area contributed by atoms with Gasteiger partial charge in [0.15, 0.2) is 0 Å². The zero-order chi connectivity index (χ0) is 8.27. The minimum atomic E-state index is -0.426. The summed E-state index contributed by atoms with van der Waals surface area (Å²) in [6.07, 6.45) is 0. The van der Waals surface area contributed by atoms with Crippen LogP contribution in [0.3, 0.4) is 0 Å². The second kappa shape index (κ2) is 5.38. The van der Waals surface area contributed by atoms with Crippen LogP contribution in [0.2, 0.25) is 0 Å². The molecule has 0 aliphatic heterocycles. The van der Waals surface area contributed by atoms with Crippen molar-refractivity contribution in [3.63, 3.8) is 0 Å². The average molecular weight is 239 g/mol. The molecular formula is C8H8NO2Y-. The van der Waals surface area contributed by atoms with Gasteiger partial charge in [0, 0.05) is 38.4 Å². The van der Waals surface area contributed by atoms with E-state index in [0.717, 1.165) is 5.69 Å². The van der Waals surface area contributed by atoms with Crippen molar-refractivity contribution in [3.8, 4) is 0 Å². The van der Waals surface area contributed by atoms with E-state index < -0.39 is 5.97 Å². The Labute approximate surface area is 96.4 Å². The quantitative estimate of drug-likeness (QED) is 0.541. The van der Waals surface area contributed by atoms with Gasteiger partial charge in [0.1, 0.15) is 0 Å². The first-order valence-corrected chi connectivity index (χ1v) is 3.17. The van der Waals surface area contributed by atoms with Crippen molar-refractivity contribution in [1.82, 2.24) is 4.98 Å². The minimum absolute atomic E-state index is 0. The molecule has 0 N–H and O–H groups in total. The number of rotatable bonds is 1. The summed E-state index contributed by atoms with van der Waals surface area (Å²) < 4.78 is 4.47. The van der Waals surface area contributed by atoms with Gasteiger partial charge in [-0.3, -0.25) is 4.79 Å². The Morgan fingerprint density at radius 3 is 2.75 bits per heavy atom. The van der Waals surface area contributed by atoms with Crippen LogP contribution in [-0.2, 0) is 37.4 Å². The molecule has 1 heterocycles. The van der Waals surface area contributed by atoms with Crippen LogP contribution in [0.25, 0.3) is 0 Å². The summed E-state index contributed by atoms with van der Waals surface area (Å²) in [5, 5.41) is 0. The summed E-state index contributed by atoms with van der Waals surface area (Å²) in [5.41, 5.74) is 1.06. The predicted octanol–water partition coefficient (Wildman–Crippen LogP) is 0.974. The molecule has 0 aliphatic carbocycles. The van der Waals surface area contributed by atoms with E-state index >= 15 is 0 Å². The van der Waals surface area contributed by atoms with Crippen molar-refractivity contribution in [2.45, 2.75) is 6.92 Å². The van der Waals surface area contributed by atoms with E-state index in [2.05, 4.69) is 15.8 Å². The van der Waals surface area contributed by atoms with Crippen LogP contribution in [0.1, 0.15) is 16.2 Å². The molecule has 0 saturated carbocycles. The van der Waals surface area contributed by atoms with Gasteiger partial charge in [-0.2, -0.15) is 12.1 Å². The van der Waals surface area contributed by atoms with Crippen molar-refractivity contribution in [2.75, 3.05) is 7.11 Å². The third-order valence-corrected chi connectivity index (χ3v) is 1.20. The number of carbonyl (C=O) groups is 1. The molecule has 0 saturated heterocycles. The average Bonchev–Trinajstić information content (AvgIpc) is 2.03. The molecule has 4 heteroatoms. The first-order chi connectivity index (χ1) is 5.24. The molecule has 12 heavy (non-hydrogen) atoms.